The van der Waals surface area contributed by atoms with Crippen molar-refractivity contribution in [3.8, 4) is 11.4 Å². The molecule has 4 nitrogen and oxygen atoms in total. The Kier molecular flexibility index (Phi) is 5.49. The van der Waals surface area contributed by atoms with Gasteiger partial charge in [-0.2, -0.15) is 0 Å². The van der Waals surface area contributed by atoms with Gasteiger partial charge in [-0.1, -0.05) is 31.2 Å². The predicted octanol–water partition coefficient (Wildman–Crippen LogP) is 3.87. The number of rotatable bonds is 6. The molecule has 5 heteroatoms. The lowest BCUT2D eigenvalue weighted by Crippen LogP contribution is -2.05. The lowest BCUT2D eigenvalue weighted by Gasteiger charge is -2.11. The van der Waals surface area contributed by atoms with E-state index >= 15 is 0 Å². The lowest BCUT2D eigenvalue weighted by molar-refractivity contribution is 0.185. The molecule has 20 heavy (non-hydrogen) atoms. The van der Waals surface area contributed by atoms with Gasteiger partial charge in [-0.3, -0.25) is 0 Å². The SMILES string of the molecule is CCCNc1nc(-c2ccccc2COC)ncc1Br. The van der Waals surface area contributed by atoms with Gasteiger partial charge in [0.2, 0.25) is 0 Å². The Morgan fingerprint density at radius 3 is 2.85 bits per heavy atom. The first-order valence-corrected chi connectivity index (χ1v) is 7.39. The Morgan fingerprint density at radius 1 is 1.30 bits per heavy atom. The zero-order valence-corrected chi connectivity index (χ0v) is 13.3. The number of halogens is 1. The smallest absolute Gasteiger partial charge is 0.161 e. The van der Waals surface area contributed by atoms with Crippen LogP contribution in [0.15, 0.2) is 34.9 Å². The molecule has 0 saturated carbocycles. The standard InChI is InChI=1S/C15H18BrN3O/c1-3-8-17-15-13(16)9-18-14(19-15)12-7-5-4-6-11(12)10-20-2/h4-7,9H,3,8,10H2,1-2H3,(H,17,18,19). The van der Waals surface area contributed by atoms with Crippen molar-refractivity contribution in [2.45, 2.75) is 20.0 Å². The van der Waals surface area contributed by atoms with Crippen molar-refractivity contribution in [1.29, 1.82) is 0 Å². The topological polar surface area (TPSA) is 47.0 Å². The highest BCUT2D eigenvalue weighted by atomic mass is 79.9. The number of nitrogens with zero attached hydrogens (tertiary/aromatic N) is 2. The minimum atomic E-state index is 0.549. The van der Waals surface area contributed by atoms with E-state index in [1.54, 1.807) is 13.3 Å². The summed E-state index contributed by atoms with van der Waals surface area (Å²) in [5, 5.41) is 3.29. The van der Waals surface area contributed by atoms with Gasteiger partial charge in [0.1, 0.15) is 5.82 Å². The van der Waals surface area contributed by atoms with Gasteiger partial charge >= 0.3 is 0 Å². The first-order chi connectivity index (χ1) is 9.76. The molecule has 0 fully saturated rings. The van der Waals surface area contributed by atoms with Crippen LogP contribution in [0.25, 0.3) is 11.4 Å². The molecule has 0 atom stereocenters. The number of nitrogens with one attached hydrogen (secondary N) is 1. The molecule has 1 aromatic carbocycles. The van der Waals surface area contributed by atoms with Crippen molar-refractivity contribution < 1.29 is 4.74 Å². The molecule has 2 aromatic rings. The van der Waals surface area contributed by atoms with Crippen LogP contribution >= 0.6 is 15.9 Å². The quantitative estimate of drug-likeness (QED) is 0.870. The first-order valence-electron chi connectivity index (χ1n) is 6.60. The van der Waals surface area contributed by atoms with E-state index in [-0.39, 0.29) is 0 Å². The summed E-state index contributed by atoms with van der Waals surface area (Å²) < 4.78 is 6.10. The Hall–Kier alpha value is -1.46. The van der Waals surface area contributed by atoms with Crippen LogP contribution in [0.2, 0.25) is 0 Å². The van der Waals surface area contributed by atoms with E-state index in [0.29, 0.717) is 12.4 Å². The van der Waals surface area contributed by atoms with Gasteiger partial charge in [-0.25, -0.2) is 9.97 Å². The van der Waals surface area contributed by atoms with Crippen molar-refractivity contribution in [2.75, 3.05) is 19.0 Å². The lowest BCUT2D eigenvalue weighted by atomic mass is 10.1. The number of hydrogen-bond donors (Lipinski definition) is 1. The van der Waals surface area contributed by atoms with Gasteiger partial charge in [0.15, 0.2) is 5.82 Å². The maximum absolute atomic E-state index is 5.23. The fraction of sp³-hybridized carbons (Fsp3) is 0.333. The molecular formula is C15H18BrN3O. The van der Waals surface area contributed by atoms with Crippen molar-refractivity contribution in [1.82, 2.24) is 9.97 Å². The molecule has 0 aliphatic carbocycles. The summed E-state index contributed by atoms with van der Waals surface area (Å²) in [6, 6.07) is 8.02. The number of benzene rings is 1. The summed E-state index contributed by atoms with van der Waals surface area (Å²) in [4.78, 5) is 9.00. The van der Waals surface area contributed by atoms with Gasteiger partial charge in [0, 0.05) is 25.4 Å². The van der Waals surface area contributed by atoms with Crippen LogP contribution in [0.3, 0.4) is 0 Å². The minimum Gasteiger partial charge on any atom is -0.380 e. The molecule has 0 amide bonds. The van der Waals surface area contributed by atoms with E-state index in [4.69, 9.17) is 4.74 Å². The second-order valence-corrected chi connectivity index (χ2v) is 5.26. The zero-order valence-electron chi connectivity index (χ0n) is 11.7. The summed E-state index contributed by atoms with van der Waals surface area (Å²) in [5.41, 5.74) is 2.08. The van der Waals surface area contributed by atoms with E-state index in [1.807, 2.05) is 24.3 Å². The number of methoxy groups -OCH3 is 1. The second kappa shape index (κ2) is 7.36. The van der Waals surface area contributed by atoms with Crippen LogP contribution < -0.4 is 5.32 Å². The third-order valence-electron chi connectivity index (χ3n) is 2.84. The molecule has 106 valence electrons. The molecule has 0 aliphatic rings. The van der Waals surface area contributed by atoms with Crippen molar-refractivity contribution >= 4 is 21.7 Å². The van der Waals surface area contributed by atoms with Gasteiger partial charge in [-0.05, 0) is 27.9 Å². The highest BCUT2D eigenvalue weighted by molar-refractivity contribution is 9.10. The minimum absolute atomic E-state index is 0.549. The molecule has 2 rings (SSSR count). The van der Waals surface area contributed by atoms with Crippen molar-refractivity contribution in [3.63, 3.8) is 0 Å². The molecular weight excluding hydrogens is 318 g/mol. The van der Waals surface area contributed by atoms with E-state index in [9.17, 15) is 0 Å². The highest BCUT2D eigenvalue weighted by Gasteiger charge is 2.10. The number of aromatic nitrogens is 2. The molecule has 0 radical (unpaired) electrons. The normalized spacial score (nSPS) is 10.6. The Labute approximate surface area is 127 Å². The Balaban J connectivity index is 2.37. The third-order valence-corrected chi connectivity index (χ3v) is 3.42. The van der Waals surface area contributed by atoms with Crippen LogP contribution in [0, 0.1) is 0 Å². The van der Waals surface area contributed by atoms with Crippen LogP contribution in [0.5, 0.6) is 0 Å². The van der Waals surface area contributed by atoms with Gasteiger partial charge in [0.05, 0.1) is 11.1 Å². The Morgan fingerprint density at radius 2 is 2.10 bits per heavy atom. The fourth-order valence-electron chi connectivity index (χ4n) is 1.88. The van der Waals surface area contributed by atoms with Crippen LogP contribution in [-0.2, 0) is 11.3 Å². The molecule has 1 heterocycles. The molecule has 0 bridgehead atoms. The number of ether oxygens (including phenoxy) is 1. The zero-order chi connectivity index (χ0) is 14.4. The first kappa shape index (κ1) is 14.9. The summed E-state index contributed by atoms with van der Waals surface area (Å²) >= 11 is 3.47. The van der Waals surface area contributed by atoms with Crippen molar-refractivity contribution in [2.24, 2.45) is 0 Å². The predicted molar refractivity (Wildman–Crippen MR) is 84.7 cm³/mol. The average Bonchev–Trinajstić information content (AvgIpc) is 2.47. The molecule has 0 saturated heterocycles. The summed E-state index contributed by atoms with van der Waals surface area (Å²) in [5.74, 6) is 1.53. The van der Waals surface area contributed by atoms with Gasteiger partial charge in [-0.15, -0.1) is 0 Å². The maximum Gasteiger partial charge on any atom is 0.161 e. The molecule has 1 N–H and O–H groups in total. The highest BCUT2D eigenvalue weighted by Crippen LogP contribution is 2.25. The maximum atomic E-state index is 5.23. The third kappa shape index (κ3) is 3.55. The number of anilines is 1. The van der Waals surface area contributed by atoms with E-state index in [1.165, 1.54) is 0 Å². The second-order valence-electron chi connectivity index (χ2n) is 4.41. The number of hydrogen-bond acceptors (Lipinski definition) is 4. The van der Waals surface area contributed by atoms with Crippen molar-refractivity contribution in [3.05, 3.63) is 40.5 Å². The van der Waals surface area contributed by atoms with Crippen LogP contribution in [-0.4, -0.2) is 23.6 Å². The summed E-state index contributed by atoms with van der Waals surface area (Å²) in [7, 11) is 1.69. The van der Waals surface area contributed by atoms with E-state index in [0.717, 1.165) is 34.4 Å². The average molecular weight is 336 g/mol. The van der Waals surface area contributed by atoms with E-state index in [2.05, 4.69) is 38.1 Å². The summed E-state index contributed by atoms with van der Waals surface area (Å²) in [6.45, 7) is 3.55. The molecule has 1 aromatic heterocycles. The largest absolute Gasteiger partial charge is 0.380 e. The molecule has 0 unspecified atom stereocenters. The fourth-order valence-corrected chi connectivity index (χ4v) is 2.22. The van der Waals surface area contributed by atoms with E-state index < -0.39 is 0 Å². The molecule has 0 spiro atoms. The molecule has 0 aliphatic heterocycles. The van der Waals surface area contributed by atoms with Crippen LogP contribution in [0.1, 0.15) is 18.9 Å². The van der Waals surface area contributed by atoms with Gasteiger partial charge < -0.3 is 10.1 Å². The monoisotopic (exact) mass is 335 g/mol. The summed E-state index contributed by atoms with van der Waals surface area (Å²) in [6.07, 6.45) is 2.83. The van der Waals surface area contributed by atoms with Gasteiger partial charge in [0.25, 0.3) is 0 Å². The van der Waals surface area contributed by atoms with Crippen LogP contribution in [0.4, 0.5) is 5.82 Å². The Bertz CT molecular complexity index is 575.